The first-order chi connectivity index (χ1) is 19.9. The van der Waals surface area contributed by atoms with E-state index >= 15 is 0 Å². The van der Waals surface area contributed by atoms with Crippen LogP contribution in [0.5, 0.6) is 6.01 Å². The molecule has 10 nitrogen and oxygen atoms in total. The standard InChI is InChI=1S/C31H38N4O6/c1-22-10-12-24(13-11-22)20-35-27-28(32-30(35)41-21-25-8-6-7-23(2)19-25)33(3)31(37)34(29(27)36)14-16-38-17-18-40-26-9-4-5-15-39-26/h6-8,10-13,19,26H,4-5,9,14-18,20-21H2,1-3H3. The maximum Gasteiger partial charge on any atom is 0.332 e. The molecule has 0 bridgehead atoms. The summed E-state index contributed by atoms with van der Waals surface area (Å²) in [5.41, 5.74) is 3.95. The third-order valence-electron chi connectivity index (χ3n) is 7.24. The number of ether oxygens (including phenoxy) is 4. The molecule has 0 aliphatic carbocycles. The average molecular weight is 563 g/mol. The highest BCUT2D eigenvalue weighted by molar-refractivity contribution is 5.72. The fourth-order valence-corrected chi connectivity index (χ4v) is 4.97. The number of aryl methyl sites for hydroxylation is 3. The van der Waals surface area contributed by atoms with Crippen LogP contribution in [0.4, 0.5) is 0 Å². The number of nitrogens with zero attached hydrogens (tertiary/aromatic N) is 4. The van der Waals surface area contributed by atoms with E-state index in [0.717, 1.165) is 48.1 Å². The zero-order valence-corrected chi connectivity index (χ0v) is 24.0. The first kappa shape index (κ1) is 28.8. The smallest absolute Gasteiger partial charge is 0.332 e. The van der Waals surface area contributed by atoms with Gasteiger partial charge < -0.3 is 18.9 Å². The molecule has 4 aromatic rings. The number of benzene rings is 2. The van der Waals surface area contributed by atoms with Crippen molar-refractivity contribution in [1.29, 1.82) is 0 Å². The van der Waals surface area contributed by atoms with Gasteiger partial charge in [0.15, 0.2) is 17.5 Å². The lowest BCUT2D eigenvalue weighted by molar-refractivity contribution is -0.169. The van der Waals surface area contributed by atoms with E-state index in [9.17, 15) is 9.59 Å². The lowest BCUT2D eigenvalue weighted by Gasteiger charge is -2.22. The fraction of sp³-hybridized carbons (Fsp3) is 0.452. The molecule has 0 N–H and O–H groups in total. The number of hydrogen-bond donors (Lipinski definition) is 0. The fourth-order valence-electron chi connectivity index (χ4n) is 4.97. The molecular formula is C31H38N4O6. The van der Waals surface area contributed by atoms with Crippen molar-refractivity contribution in [3.63, 3.8) is 0 Å². The number of fused-ring (bicyclic) bond motifs is 1. The summed E-state index contributed by atoms with van der Waals surface area (Å²) in [5, 5.41) is 0. The van der Waals surface area contributed by atoms with Crippen LogP contribution in [0.1, 0.15) is 41.5 Å². The molecule has 41 heavy (non-hydrogen) atoms. The van der Waals surface area contributed by atoms with Gasteiger partial charge in [0.2, 0.25) is 0 Å². The minimum atomic E-state index is -0.455. The van der Waals surface area contributed by atoms with E-state index in [4.69, 9.17) is 18.9 Å². The van der Waals surface area contributed by atoms with E-state index in [-0.39, 0.29) is 37.7 Å². The van der Waals surface area contributed by atoms with Gasteiger partial charge in [0.25, 0.3) is 11.6 Å². The van der Waals surface area contributed by atoms with Crippen molar-refractivity contribution in [2.45, 2.75) is 59.1 Å². The van der Waals surface area contributed by atoms with Crippen molar-refractivity contribution in [3.8, 4) is 6.01 Å². The van der Waals surface area contributed by atoms with Crippen LogP contribution in [0.25, 0.3) is 11.2 Å². The van der Waals surface area contributed by atoms with Crippen molar-refractivity contribution < 1.29 is 18.9 Å². The van der Waals surface area contributed by atoms with E-state index in [1.165, 1.54) is 9.13 Å². The van der Waals surface area contributed by atoms with Gasteiger partial charge in [0.1, 0.15) is 6.61 Å². The predicted octanol–water partition coefficient (Wildman–Crippen LogP) is 3.70. The molecular weight excluding hydrogens is 524 g/mol. The van der Waals surface area contributed by atoms with Gasteiger partial charge in [-0.05, 0) is 44.2 Å². The molecule has 2 aromatic heterocycles. The number of hydrogen-bond acceptors (Lipinski definition) is 7. The van der Waals surface area contributed by atoms with Gasteiger partial charge in [-0.3, -0.25) is 18.5 Å². The SMILES string of the molecule is Cc1ccc(Cn2c(OCc3cccc(C)c3)nc3c2c(=O)n(CCOCCOC2CCCCO2)c(=O)n3C)cc1. The molecule has 218 valence electrons. The Morgan fingerprint density at radius 1 is 0.951 bits per heavy atom. The second-order valence-corrected chi connectivity index (χ2v) is 10.5. The third-order valence-corrected chi connectivity index (χ3v) is 7.24. The molecule has 1 atom stereocenters. The molecule has 1 aliphatic heterocycles. The van der Waals surface area contributed by atoms with Crippen molar-refractivity contribution in [2.24, 2.45) is 7.05 Å². The average Bonchev–Trinajstić information content (AvgIpc) is 3.34. The van der Waals surface area contributed by atoms with Gasteiger partial charge in [-0.25, -0.2) is 4.79 Å². The minimum absolute atomic E-state index is 0.108. The summed E-state index contributed by atoms with van der Waals surface area (Å²) in [6.45, 7) is 6.46. The Morgan fingerprint density at radius 2 is 1.78 bits per heavy atom. The highest BCUT2D eigenvalue weighted by Gasteiger charge is 2.22. The zero-order chi connectivity index (χ0) is 28.8. The minimum Gasteiger partial charge on any atom is -0.460 e. The summed E-state index contributed by atoms with van der Waals surface area (Å²) in [6.07, 6.45) is 2.87. The first-order valence-electron chi connectivity index (χ1n) is 14.2. The normalized spacial score (nSPS) is 15.4. The topological polar surface area (TPSA) is 98.7 Å². The lowest BCUT2D eigenvalue weighted by atomic mass is 10.1. The maximum atomic E-state index is 13.8. The highest BCUT2D eigenvalue weighted by atomic mass is 16.7. The molecule has 1 aliphatic rings. The van der Waals surface area contributed by atoms with E-state index in [0.29, 0.717) is 25.3 Å². The molecule has 1 unspecified atom stereocenters. The predicted molar refractivity (Wildman–Crippen MR) is 155 cm³/mol. The summed E-state index contributed by atoms with van der Waals surface area (Å²) in [7, 11) is 1.62. The van der Waals surface area contributed by atoms with E-state index in [1.54, 1.807) is 11.6 Å². The van der Waals surface area contributed by atoms with Crippen LogP contribution in [-0.2, 0) is 41.0 Å². The lowest BCUT2D eigenvalue weighted by Crippen LogP contribution is -2.40. The molecule has 0 amide bonds. The second-order valence-electron chi connectivity index (χ2n) is 10.5. The van der Waals surface area contributed by atoms with E-state index in [1.807, 2.05) is 62.4 Å². The Balaban J connectivity index is 1.38. The van der Waals surface area contributed by atoms with Gasteiger partial charge in [0.05, 0.1) is 32.9 Å². The summed E-state index contributed by atoms with van der Waals surface area (Å²) in [5.74, 6) is 0. The van der Waals surface area contributed by atoms with Gasteiger partial charge >= 0.3 is 5.69 Å². The molecule has 1 fully saturated rings. The molecule has 0 radical (unpaired) electrons. The summed E-state index contributed by atoms with van der Waals surface area (Å²) >= 11 is 0. The summed E-state index contributed by atoms with van der Waals surface area (Å²) < 4.78 is 27.5. The first-order valence-corrected chi connectivity index (χ1v) is 14.2. The maximum absolute atomic E-state index is 13.8. The molecule has 3 heterocycles. The Labute approximate surface area is 239 Å². The Hall–Kier alpha value is -3.73. The van der Waals surface area contributed by atoms with E-state index in [2.05, 4.69) is 4.98 Å². The van der Waals surface area contributed by atoms with Crippen LogP contribution in [0.2, 0.25) is 0 Å². The van der Waals surface area contributed by atoms with Crippen LogP contribution >= 0.6 is 0 Å². The molecule has 10 heteroatoms. The Kier molecular flexibility index (Phi) is 9.33. The second kappa shape index (κ2) is 13.3. The quantitative estimate of drug-likeness (QED) is 0.243. The van der Waals surface area contributed by atoms with Crippen molar-refractivity contribution in [2.75, 3.05) is 26.4 Å². The number of rotatable bonds is 12. The molecule has 2 aromatic carbocycles. The number of aromatic nitrogens is 4. The van der Waals surface area contributed by atoms with Gasteiger partial charge in [0, 0.05) is 13.7 Å². The third kappa shape index (κ3) is 6.95. The Bertz CT molecular complexity index is 1580. The van der Waals surface area contributed by atoms with Gasteiger partial charge in [-0.1, -0.05) is 59.7 Å². The monoisotopic (exact) mass is 562 g/mol. The van der Waals surface area contributed by atoms with E-state index < -0.39 is 11.2 Å². The van der Waals surface area contributed by atoms with Crippen molar-refractivity contribution in [3.05, 3.63) is 91.6 Å². The van der Waals surface area contributed by atoms with Crippen LogP contribution in [0, 0.1) is 13.8 Å². The van der Waals surface area contributed by atoms with Gasteiger partial charge in [-0.15, -0.1) is 0 Å². The largest absolute Gasteiger partial charge is 0.460 e. The van der Waals surface area contributed by atoms with Crippen LogP contribution in [0.3, 0.4) is 0 Å². The molecule has 5 rings (SSSR count). The highest BCUT2D eigenvalue weighted by Crippen LogP contribution is 2.21. The van der Waals surface area contributed by atoms with Crippen molar-refractivity contribution >= 4 is 11.2 Å². The van der Waals surface area contributed by atoms with Crippen LogP contribution < -0.4 is 16.0 Å². The van der Waals surface area contributed by atoms with Crippen LogP contribution in [-0.4, -0.2) is 51.4 Å². The number of imidazole rings is 1. The van der Waals surface area contributed by atoms with Crippen LogP contribution in [0.15, 0.2) is 58.1 Å². The molecule has 0 spiro atoms. The molecule has 0 saturated carbocycles. The van der Waals surface area contributed by atoms with Crippen molar-refractivity contribution in [1.82, 2.24) is 18.7 Å². The zero-order valence-electron chi connectivity index (χ0n) is 24.0. The summed E-state index contributed by atoms with van der Waals surface area (Å²) in [4.78, 5) is 31.6. The van der Waals surface area contributed by atoms with Gasteiger partial charge in [-0.2, -0.15) is 4.98 Å². The molecule has 1 saturated heterocycles. The Morgan fingerprint density at radius 3 is 2.54 bits per heavy atom. The summed E-state index contributed by atoms with van der Waals surface area (Å²) in [6, 6.07) is 16.4.